The predicted octanol–water partition coefficient (Wildman–Crippen LogP) is 2.90. The fraction of sp³-hybridized carbons (Fsp3) is 0.333. The number of alkyl halides is 2. The van der Waals surface area contributed by atoms with Gasteiger partial charge in [0.1, 0.15) is 0 Å². The van der Waals surface area contributed by atoms with Gasteiger partial charge in [0.25, 0.3) is 0 Å². The van der Waals surface area contributed by atoms with Crippen LogP contribution in [0.1, 0.15) is 24.9 Å². The number of carbonyl (C=O) groups is 2. The second-order valence-electron chi connectivity index (χ2n) is 2.69. The van der Waals surface area contributed by atoms with Crippen molar-refractivity contribution < 1.29 is 9.59 Å². The molecule has 0 aliphatic carbocycles. The van der Waals surface area contributed by atoms with E-state index in [1.54, 1.807) is 13.0 Å². The van der Waals surface area contributed by atoms with Crippen molar-refractivity contribution in [3.05, 3.63) is 21.4 Å². The Bertz CT molecular complexity index is 371. The van der Waals surface area contributed by atoms with E-state index < -0.39 is 0 Å². The average Bonchev–Trinajstić information content (AvgIpc) is 2.58. The van der Waals surface area contributed by atoms with Crippen LogP contribution < -0.4 is 0 Å². The van der Waals surface area contributed by atoms with Gasteiger partial charge in [0.05, 0.1) is 16.6 Å². The zero-order valence-corrected chi connectivity index (χ0v) is 9.80. The van der Waals surface area contributed by atoms with Gasteiger partial charge in [0, 0.05) is 10.4 Å². The Balaban J connectivity index is 3.05. The minimum Gasteiger partial charge on any atom is -0.293 e. The van der Waals surface area contributed by atoms with Gasteiger partial charge in [-0.15, -0.1) is 34.5 Å². The molecule has 76 valence electrons. The van der Waals surface area contributed by atoms with Crippen molar-refractivity contribution in [2.24, 2.45) is 0 Å². The van der Waals surface area contributed by atoms with Crippen LogP contribution in [0.5, 0.6) is 0 Å². The van der Waals surface area contributed by atoms with Crippen molar-refractivity contribution in [1.82, 2.24) is 0 Å². The smallest absolute Gasteiger partial charge is 0.187 e. The molecule has 0 amide bonds. The number of Topliss-reactive ketones (excluding diaryl/α,β-unsaturated/α-hetero) is 2. The van der Waals surface area contributed by atoms with E-state index >= 15 is 0 Å². The highest BCUT2D eigenvalue weighted by Crippen LogP contribution is 2.23. The minimum atomic E-state index is -0.159. The second kappa shape index (κ2) is 4.91. The Morgan fingerprint density at radius 2 is 1.86 bits per heavy atom. The lowest BCUT2D eigenvalue weighted by molar-refractivity contribution is 0.101. The molecule has 14 heavy (non-hydrogen) atoms. The third kappa shape index (κ3) is 2.35. The quantitative estimate of drug-likeness (QED) is 0.609. The molecule has 0 aromatic carbocycles. The van der Waals surface area contributed by atoms with Crippen molar-refractivity contribution in [3.63, 3.8) is 0 Å². The molecule has 1 rings (SSSR count). The first-order valence-corrected chi connectivity index (χ1v) is 5.77. The number of hydrogen-bond acceptors (Lipinski definition) is 3. The molecule has 1 aromatic heterocycles. The maximum Gasteiger partial charge on any atom is 0.187 e. The number of rotatable bonds is 4. The standard InChI is InChI=1S/C9H8Cl2O2S/c1-5-6(7(12)3-10)2-9(14-5)8(13)4-11/h2H,3-4H2,1H3. The number of ketones is 2. The van der Waals surface area contributed by atoms with E-state index in [2.05, 4.69) is 0 Å². The Kier molecular flexibility index (Phi) is 4.11. The minimum absolute atomic E-state index is 0.0611. The number of aryl methyl sites for hydroxylation is 1. The maximum atomic E-state index is 11.3. The van der Waals surface area contributed by atoms with Gasteiger partial charge in [-0.25, -0.2) is 0 Å². The molecular weight excluding hydrogens is 243 g/mol. The van der Waals surface area contributed by atoms with Crippen molar-refractivity contribution >= 4 is 46.1 Å². The summed E-state index contributed by atoms with van der Waals surface area (Å²) < 4.78 is 0. The lowest BCUT2D eigenvalue weighted by Crippen LogP contribution is -2.00. The molecule has 0 aliphatic rings. The van der Waals surface area contributed by atoms with Crippen LogP contribution in [0.2, 0.25) is 0 Å². The highest BCUT2D eigenvalue weighted by Gasteiger charge is 2.15. The average molecular weight is 251 g/mol. The highest BCUT2D eigenvalue weighted by molar-refractivity contribution is 7.14. The van der Waals surface area contributed by atoms with Gasteiger partial charge in [-0.1, -0.05) is 0 Å². The van der Waals surface area contributed by atoms with Crippen LogP contribution in [-0.2, 0) is 0 Å². The summed E-state index contributed by atoms with van der Waals surface area (Å²) in [4.78, 5) is 23.8. The van der Waals surface area contributed by atoms with Gasteiger partial charge in [-0.2, -0.15) is 0 Å². The van der Waals surface area contributed by atoms with Gasteiger partial charge in [-0.3, -0.25) is 9.59 Å². The first-order valence-electron chi connectivity index (χ1n) is 3.89. The summed E-state index contributed by atoms with van der Waals surface area (Å²) in [5, 5.41) is 0. The van der Waals surface area contributed by atoms with Crippen LogP contribution >= 0.6 is 34.5 Å². The van der Waals surface area contributed by atoms with Crippen molar-refractivity contribution in [1.29, 1.82) is 0 Å². The summed E-state index contributed by atoms with van der Waals surface area (Å²) >= 11 is 12.1. The van der Waals surface area contributed by atoms with E-state index in [1.165, 1.54) is 11.3 Å². The number of carbonyl (C=O) groups excluding carboxylic acids is 2. The number of hydrogen-bond donors (Lipinski definition) is 0. The van der Waals surface area contributed by atoms with Crippen LogP contribution in [0, 0.1) is 6.92 Å². The fourth-order valence-corrected chi connectivity index (χ4v) is 2.38. The normalized spacial score (nSPS) is 10.2. The van der Waals surface area contributed by atoms with Crippen LogP contribution in [0.15, 0.2) is 6.07 Å². The molecule has 0 saturated carbocycles. The fourth-order valence-electron chi connectivity index (χ4n) is 1.03. The molecule has 0 unspecified atom stereocenters. The predicted molar refractivity (Wildman–Crippen MR) is 59.2 cm³/mol. The van der Waals surface area contributed by atoms with E-state index in [9.17, 15) is 9.59 Å². The monoisotopic (exact) mass is 250 g/mol. The summed E-state index contributed by atoms with van der Waals surface area (Å²) in [6.45, 7) is 1.79. The van der Waals surface area contributed by atoms with E-state index in [1.807, 2.05) is 0 Å². The van der Waals surface area contributed by atoms with Crippen LogP contribution in [0.4, 0.5) is 0 Å². The molecule has 5 heteroatoms. The summed E-state index contributed by atoms with van der Waals surface area (Å²) in [6, 6.07) is 1.56. The molecule has 0 atom stereocenters. The summed E-state index contributed by atoms with van der Waals surface area (Å²) in [5.41, 5.74) is 0.526. The van der Waals surface area contributed by atoms with Gasteiger partial charge in [0.15, 0.2) is 11.6 Å². The van der Waals surface area contributed by atoms with Gasteiger partial charge in [-0.05, 0) is 13.0 Å². The molecule has 0 bridgehead atoms. The molecule has 1 aromatic rings. The van der Waals surface area contributed by atoms with E-state index in [4.69, 9.17) is 23.2 Å². The number of thiophene rings is 1. The maximum absolute atomic E-state index is 11.3. The van der Waals surface area contributed by atoms with Crippen LogP contribution in [0.3, 0.4) is 0 Å². The molecule has 0 aliphatic heterocycles. The third-order valence-corrected chi connectivity index (χ3v) is 3.31. The van der Waals surface area contributed by atoms with Gasteiger partial charge >= 0.3 is 0 Å². The molecular formula is C9H8Cl2O2S. The topological polar surface area (TPSA) is 34.1 Å². The Labute approximate surface area is 95.8 Å². The zero-order valence-electron chi connectivity index (χ0n) is 7.47. The molecule has 0 saturated heterocycles. The summed E-state index contributed by atoms with van der Waals surface area (Å²) in [7, 11) is 0. The summed E-state index contributed by atoms with van der Waals surface area (Å²) in [6.07, 6.45) is 0. The van der Waals surface area contributed by atoms with Crippen molar-refractivity contribution in [3.8, 4) is 0 Å². The molecule has 0 radical (unpaired) electrons. The van der Waals surface area contributed by atoms with Crippen molar-refractivity contribution in [2.45, 2.75) is 6.92 Å². The van der Waals surface area contributed by atoms with E-state index in [0.717, 1.165) is 4.88 Å². The highest BCUT2D eigenvalue weighted by atomic mass is 35.5. The van der Waals surface area contributed by atoms with Crippen molar-refractivity contribution in [2.75, 3.05) is 11.8 Å². The largest absolute Gasteiger partial charge is 0.293 e. The SMILES string of the molecule is Cc1sc(C(=O)CCl)cc1C(=O)CCl. The first-order chi connectivity index (χ1) is 6.60. The lowest BCUT2D eigenvalue weighted by Gasteiger charge is -1.91. The zero-order chi connectivity index (χ0) is 10.7. The summed E-state index contributed by atoms with van der Waals surface area (Å²) in [5.74, 6) is -0.442. The van der Waals surface area contributed by atoms with Crippen LogP contribution in [-0.4, -0.2) is 23.3 Å². The van der Waals surface area contributed by atoms with Gasteiger partial charge in [0.2, 0.25) is 0 Å². The third-order valence-electron chi connectivity index (χ3n) is 1.74. The Hall–Kier alpha value is -0.380. The molecule has 2 nitrogen and oxygen atoms in total. The Morgan fingerprint density at radius 3 is 2.36 bits per heavy atom. The number of halogens is 2. The second-order valence-corrected chi connectivity index (χ2v) is 4.48. The molecule has 0 fully saturated rings. The molecule has 0 N–H and O–H groups in total. The van der Waals surface area contributed by atoms with E-state index in [0.29, 0.717) is 10.4 Å². The van der Waals surface area contributed by atoms with E-state index in [-0.39, 0.29) is 23.3 Å². The molecule has 0 spiro atoms. The Morgan fingerprint density at radius 1 is 1.29 bits per heavy atom. The first kappa shape index (κ1) is 11.7. The molecule has 1 heterocycles. The lowest BCUT2D eigenvalue weighted by atomic mass is 10.2. The van der Waals surface area contributed by atoms with Gasteiger partial charge < -0.3 is 0 Å². The van der Waals surface area contributed by atoms with Crippen LogP contribution in [0.25, 0.3) is 0 Å².